The van der Waals surface area contributed by atoms with Gasteiger partial charge in [-0.3, -0.25) is 22.6 Å². The quantitative estimate of drug-likeness (QED) is 0.0175. The third kappa shape index (κ3) is 14.6. The summed E-state index contributed by atoms with van der Waals surface area (Å²) in [6.07, 6.45) is -1.27. The monoisotopic (exact) mass is 873 g/mol. The van der Waals surface area contributed by atoms with Gasteiger partial charge in [0.25, 0.3) is 0 Å². The topological polar surface area (TPSA) is 250 Å². The summed E-state index contributed by atoms with van der Waals surface area (Å²) < 4.78 is 87.5. The van der Waals surface area contributed by atoms with Crippen LogP contribution in [0.15, 0.2) is 66.7 Å². The first-order chi connectivity index (χ1) is 27.9. The number of hydrogen-bond donors (Lipinski definition) is 5. The average Bonchev–Trinajstić information content (AvgIpc) is 3.19. The average molecular weight is 874 g/mol. The van der Waals surface area contributed by atoms with Crippen molar-refractivity contribution in [3.63, 3.8) is 0 Å². The van der Waals surface area contributed by atoms with Crippen molar-refractivity contribution in [1.29, 1.82) is 0 Å². The molecule has 5 rings (SSSR count). The molecule has 0 aliphatic heterocycles. The van der Waals surface area contributed by atoms with Gasteiger partial charge in [-0.25, -0.2) is 13.7 Å². The van der Waals surface area contributed by atoms with Gasteiger partial charge in [-0.2, -0.15) is 0 Å². The molecule has 0 aliphatic carbocycles. The Hall–Kier alpha value is -2.51. The fourth-order valence-corrected chi connectivity index (χ4v) is 8.22. The highest BCUT2D eigenvalue weighted by Gasteiger charge is 2.30. The Bertz CT molecular complexity index is 2120. The third-order valence-corrected chi connectivity index (χ3v) is 11.2. The van der Waals surface area contributed by atoms with Gasteiger partial charge < -0.3 is 49.0 Å². The maximum absolute atomic E-state index is 13.0. The summed E-state index contributed by atoms with van der Waals surface area (Å²) in [5.74, 6) is 0. The Morgan fingerprint density at radius 2 is 0.914 bits per heavy atom. The van der Waals surface area contributed by atoms with E-state index in [4.69, 9.17) is 47.5 Å². The van der Waals surface area contributed by atoms with Gasteiger partial charge in [0.2, 0.25) is 0 Å². The maximum atomic E-state index is 13.0. The predicted molar refractivity (Wildman–Crippen MR) is 215 cm³/mol. The smallest absolute Gasteiger partial charge is 0.377 e. The predicted octanol–water partition coefficient (Wildman–Crippen LogP) is 5.07. The van der Waals surface area contributed by atoms with Crippen molar-refractivity contribution < 1.29 is 79.6 Å². The van der Waals surface area contributed by atoms with Crippen molar-refractivity contribution in [3.8, 4) is 0 Å². The number of fused-ring (bicyclic) bond motifs is 2. The van der Waals surface area contributed by atoms with Crippen LogP contribution in [0.25, 0.3) is 43.1 Å². The van der Waals surface area contributed by atoms with Gasteiger partial charge in [-0.15, -0.1) is 0 Å². The third-order valence-electron chi connectivity index (χ3n) is 8.60. The Kier molecular flexibility index (Phi) is 18.4. The second-order valence-corrected chi connectivity index (χ2v) is 16.8. The normalized spacial score (nSPS) is 15.1. The Morgan fingerprint density at radius 1 is 0.483 bits per heavy atom. The fourth-order valence-electron chi connectivity index (χ4n) is 6.26. The zero-order valence-electron chi connectivity index (χ0n) is 31.8. The summed E-state index contributed by atoms with van der Waals surface area (Å²) in [6.45, 7) is 1.19. The van der Waals surface area contributed by atoms with Crippen molar-refractivity contribution in [2.75, 3.05) is 99.0 Å². The van der Waals surface area contributed by atoms with Gasteiger partial charge in [0.05, 0.1) is 98.6 Å². The van der Waals surface area contributed by atoms with Crippen LogP contribution in [-0.2, 0) is 66.4 Å². The lowest BCUT2D eigenvalue weighted by Gasteiger charge is -2.22. The first kappa shape index (κ1) is 46.6. The van der Waals surface area contributed by atoms with Crippen LogP contribution in [0.1, 0.15) is 5.56 Å². The molecule has 0 radical (unpaired) electrons. The summed E-state index contributed by atoms with van der Waals surface area (Å²) >= 11 is 0. The van der Waals surface area contributed by atoms with Crippen LogP contribution in [0, 0.1) is 0 Å². The zero-order chi connectivity index (χ0) is 41.4. The van der Waals surface area contributed by atoms with Crippen molar-refractivity contribution in [2.24, 2.45) is 5.73 Å². The lowest BCUT2D eigenvalue weighted by molar-refractivity contribution is -0.0160. The molecule has 0 saturated carbocycles. The van der Waals surface area contributed by atoms with E-state index in [9.17, 15) is 33.3 Å². The van der Waals surface area contributed by atoms with Gasteiger partial charge >= 0.3 is 23.5 Å². The molecule has 0 saturated heterocycles. The van der Waals surface area contributed by atoms with Gasteiger partial charge in [0, 0.05) is 13.0 Å². The van der Waals surface area contributed by atoms with Crippen molar-refractivity contribution in [3.05, 3.63) is 72.3 Å². The lowest BCUT2D eigenvalue weighted by Crippen LogP contribution is -2.22. The molecule has 58 heavy (non-hydrogen) atoms. The standard InChI is InChI=1S/C37H50NO17P3/c38-12-13-51-57(42,43)52-24-22-49-20-18-47-16-14-46-15-17-48-19-21-50-23-25-53-58(44,45)55-30(27-54-56(39,40)41)26-29-10-11-35-33-8-2-5-28-4-1-7-32(36(28)33)34-9-3-6-31(29)37(34)35/h1-11,30H,12-27,38H2,(H,42,43)(H,44,45)(H2,39,40,41). The van der Waals surface area contributed by atoms with Crippen LogP contribution < -0.4 is 5.73 Å². The number of hydrogen-bond acceptors (Lipinski definition) is 14. The first-order valence-electron chi connectivity index (χ1n) is 18.5. The molecule has 3 unspecified atom stereocenters. The van der Waals surface area contributed by atoms with E-state index in [1.807, 2.05) is 36.4 Å². The Morgan fingerprint density at radius 3 is 1.43 bits per heavy atom. The second kappa shape index (κ2) is 22.9. The van der Waals surface area contributed by atoms with E-state index < -0.39 is 36.2 Å². The second-order valence-electron chi connectivity index (χ2n) is 12.7. The molecule has 320 valence electrons. The summed E-state index contributed by atoms with van der Waals surface area (Å²) in [5.41, 5.74) is 5.93. The van der Waals surface area contributed by atoms with Crippen LogP contribution >= 0.6 is 23.5 Å². The van der Waals surface area contributed by atoms with Crippen LogP contribution in [0.3, 0.4) is 0 Å². The van der Waals surface area contributed by atoms with E-state index in [1.165, 1.54) is 0 Å². The number of benzene rings is 5. The molecule has 6 N–H and O–H groups in total. The fraction of sp³-hybridized carbons (Fsp3) is 0.459. The molecule has 0 aromatic heterocycles. The van der Waals surface area contributed by atoms with Gasteiger partial charge in [-0.05, 0) is 48.7 Å². The molecule has 0 aliphatic rings. The van der Waals surface area contributed by atoms with Crippen LogP contribution in [0.2, 0.25) is 0 Å². The van der Waals surface area contributed by atoms with E-state index >= 15 is 0 Å². The first-order valence-corrected chi connectivity index (χ1v) is 23.0. The van der Waals surface area contributed by atoms with Crippen molar-refractivity contribution >= 4 is 66.6 Å². The van der Waals surface area contributed by atoms with Crippen molar-refractivity contribution in [2.45, 2.75) is 12.5 Å². The number of rotatable bonds is 30. The molecule has 0 spiro atoms. The minimum absolute atomic E-state index is 0.0115. The number of nitrogens with two attached hydrogens (primary N) is 1. The highest BCUT2D eigenvalue weighted by Crippen LogP contribution is 2.47. The van der Waals surface area contributed by atoms with E-state index in [2.05, 4.69) is 34.9 Å². The summed E-state index contributed by atoms with van der Waals surface area (Å²) in [5, 5.41) is 8.40. The molecular weight excluding hydrogens is 823 g/mol. The van der Waals surface area contributed by atoms with Crippen molar-refractivity contribution in [1.82, 2.24) is 0 Å². The molecule has 18 nitrogen and oxygen atoms in total. The Labute approximate surface area is 335 Å². The lowest BCUT2D eigenvalue weighted by atomic mass is 9.87. The summed E-state index contributed by atoms with van der Waals surface area (Å²) in [6, 6.07) is 22.1. The Balaban J connectivity index is 0.982. The minimum atomic E-state index is -4.93. The molecule has 0 heterocycles. The number of ether oxygens (including phenoxy) is 5. The molecule has 3 atom stereocenters. The molecule has 21 heteroatoms. The van der Waals surface area contributed by atoms with E-state index in [-0.39, 0.29) is 65.8 Å². The number of phosphoric acid groups is 3. The van der Waals surface area contributed by atoms with Gasteiger partial charge in [0.1, 0.15) is 0 Å². The van der Waals surface area contributed by atoms with Crippen LogP contribution in [0.4, 0.5) is 0 Å². The van der Waals surface area contributed by atoms with Crippen LogP contribution in [-0.4, -0.2) is 125 Å². The molecule has 0 amide bonds. The molecule has 5 aromatic carbocycles. The number of phosphoric ester groups is 3. The SMILES string of the molecule is NCCOP(=O)(O)OCCOCCOCCOCCOCCOCCOP(=O)(O)OC(COP(=O)(O)O)Cc1ccc2c3cccc4cccc(c5cccc1c52)c43. The summed E-state index contributed by atoms with van der Waals surface area (Å²) in [4.78, 5) is 38.7. The maximum Gasteiger partial charge on any atom is 0.472 e. The van der Waals surface area contributed by atoms with Gasteiger partial charge in [-0.1, -0.05) is 66.7 Å². The van der Waals surface area contributed by atoms with Gasteiger partial charge in [0.15, 0.2) is 0 Å². The molecule has 0 bridgehead atoms. The van der Waals surface area contributed by atoms with E-state index in [0.717, 1.165) is 48.7 Å². The molecular formula is C37H50NO17P3. The van der Waals surface area contributed by atoms with Crippen LogP contribution in [0.5, 0.6) is 0 Å². The zero-order valence-corrected chi connectivity index (χ0v) is 34.4. The minimum Gasteiger partial charge on any atom is -0.377 e. The highest BCUT2D eigenvalue weighted by molar-refractivity contribution is 7.47. The van der Waals surface area contributed by atoms with E-state index in [1.54, 1.807) is 0 Å². The summed E-state index contributed by atoms with van der Waals surface area (Å²) in [7, 11) is -13.8. The highest BCUT2D eigenvalue weighted by atomic mass is 31.2. The van der Waals surface area contributed by atoms with E-state index in [0.29, 0.717) is 33.0 Å². The molecule has 0 fully saturated rings. The largest absolute Gasteiger partial charge is 0.472 e. The molecule has 5 aromatic rings.